The highest BCUT2D eigenvalue weighted by Crippen LogP contribution is 2.52. The van der Waals surface area contributed by atoms with Crippen LogP contribution in [-0.4, -0.2) is 13.4 Å². The molecular formula is C64H34B2I2. The Bertz CT molecular complexity index is 3960. The van der Waals surface area contributed by atoms with Crippen molar-refractivity contribution in [2.45, 2.75) is 0 Å². The molecule has 310 valence electrons. The van der Waals surface area contributed by atoms with E-state index in [1.807, 2.05) is 0 Å². The van der Waals surface area contributed by atoms with Crippen molar-refractivity contribution in [3.8, 4) is 89.0 Å². The minimum Gasteiger partial charge on any atom is -0.0664 e. The number of benzene rings is 12. The molecule has 0 fully saturated rings. The monoisotopic (exact) mass is 1080 g/mol. The molecule has 16 rings (SSSR count). The lowest BCUT2D eigenvalue weighted by Gasteiger charge is -2.33. The molecule has 0 atom stereocenters. The van der Waals surface area contributed by atoms with Gasteiger partial charge in [0.1, 0.15) is 0 Å². The average Bonchev–Trinajstić information content (AvgIpc) is 3.90. The Kier molecular flexibility index (Phi) is 7.84. The van der Waals surface area contributed by atoms with Gasteiger partial charge >= 0.3 is 0 Å². The van der Waals surface area contributed by atoms with E-state index in [0.717, 1.165) is 0 Å². The van der Waals surface area contributed by atoms with Gasteiger partial charge in [0.05, 0.1) is 0 Å². The summed E-state index contributed by atoms with van der Waals surface area (Å²) < 4.78 is 2.54. The minimum atomic E-state index is 0.116. The van der Waals surface area contributed by atoms with Crippen molar-refractivity contribution in [3.05, 3.63) is 213 Å². The molecule has 12 aromatic carbocycles. The summed E-state index contributed by atoms with van der Waals surface area (Å²) >= 11 is 5.15. The summed E-state index contributed by atoms with van der Waals surface area (Å²) in [6.45, 7) is 0.233. The van der Waals surface area contributed by atoms with Crippen molar-refractivity contribution in [3.63, 3.8) is 0 Å². The molecule has 4 aliphatic rings. The zero-order valence-corrected chi connectivity index (χ0v) is 40.9. The first-order chi connectivity index (χ1) is 33.6. The maximum absolute atomic E-state index is 2.67. The topological polar surface area (TPSA) is 0 Å². The molecule has 0 nitrogen and oxygen atoms in total. The molecule has 4 heterocycles. The van der Waals surface area contributed by atoms with Crippen LogP contribution in [0.5, 0.6) is 0 Å². The second-order valence-electron chi connectivity index (χ2n) is 19.2. The summed E-state index contributed by atoms with van der Waals surface area (Å²) in [6, 6.07) is 79.2. The van der Waals surface area contributed by atoms with Gasteiger partial charge in [0.15, 0.2) is 0 Å². The fraction of sp³-hybridized carbons (Fsp3) is 0. The second-order valence-corrected chi connectivity index (χ2v) is 21.7. The van der Waals surface area contributed by atoms with Crippen LogP contribution >= 0.6 is 45.2 Å². The Labute approximate surface area is 422 Å². The second kappa shape index (κ2) is 13.9. The van der Waals surface area contributed by atoms with Gasteiger partial charge in [-0.2, -0.15) is 0 Å². The standard InChI is InChI=1S/C64H34B2I2/c67-37-27-51-43-23-12-14-26-56(43)66-58-34-50-46(42-22-10-8-20-40(42)36-17-5-2-6-18-36)32-48-54-30-38(68)28-52-44-24-11-13-25-55(44)65(64(52)54)57-33-49-45(41-21-9-7-19-39(41)35-15-3-1-4-16-35)31-47(53(29-37)63(51)66)59(58)61(49)62(50)60(48)57/h1-34H. The van der Waals surface area contributed by atoms with Crippen molar-refractivity contribution in [1.82, 2.24) is 0 Å². The third-order valence-corrected chi connectivity index (χ3v) is 17.2. The van der Waals surface area contributed by atoms with Crippen molar-refractivity contribution >= 4 is 124 Å². The highest BCUT2D eigenvalue weighted by atomic mass is 127. The van der Waals surface area contributed by atoms with Crippen molar-refractivity contribution in [2.24, 2.45) is 0 Å². The molecule has 0 N–H and O–H groups in total. The Hall–Kier alpha value is -6.73. The van der Waals surface area contributed by atoms with Gasteiger partial charge in [-0.05, 0) is 203 Å². The van der Waals surface area contributed by atoms with Crippen molar-refractivity contribution < 1.29 is 0 Å². The average molecular weight is 1080 g/mol. The van der Waals surface area contributed by atoms with Gasteiger partial charge in [-0.3, -0.25) is 0 Å². The van der Waals surface area contributed by atoms with Gasteiger partial charge in [0.2, 0.25) is 13.4 Å². The zero-order valence-electron chi connectivity index (χ0n) is 36.5. The maximum atomic E-state index is 2.67. The number of rotatable bonds is 4. The third kappa shape index (κ3) is 4.97. The first-order valence-electron chi connectivity index (χ1n) is 23.6. The van der Waals surface area contributed by atoms with E-state index in [-0.39, 0.29) is 13.4 Å². The van der Waals surface area contributed by atoms with E-state index >= 15 is 0 Å². The van der Waals surface area contributed by atoms with Crippen LogP contribution in [0.25, 0.3) is 121 Å². The fourth-order valence-corrected chi connectivity index (χ4v) is 14.7. The molecule has 0 saturated heterocycles. The van der Waals surface area contributed by atoms with E-state index in [2.05, 4.69) is 251 Å². The molecule has 4 aliphatic heterocycles. The Balaban J connectivity index is 1.17. The lowest BCUT2D eigenvalue weighted by Crippen LogP contribution is -2.53. The molecular weight excluding hydrogens is 1040 g/mol. The SMILES string of the molecule is Ic1cc2c3c(c1)-c1cc(-c4ccccc4-c4ccccc4)c4cc5c6c(cc(-c7ccccc7-c7ccccc7)c7cc(c1c4c76)B3c1ccccc1-2)-c1cc(I)cc2c1B5c1ccccc1-2. The van der Waals surface area contributed by atoms with E-state index in [1.165, 1.54) is 161 Å². The normalized spacial score (nSPS) is 13.1. The molecule has 0 amide bonds. The lowest BCUT2D eigenvalue weighted by molar-refractivity contribution is 1.59. The predicted molar refractivity (Wildman–Crippen MR) is 308 cm³/mol. The number of hydrogen-bond acceptors (Lipinski definition) is 0. The summed E-state index contributed by atoms with van der Waals surface area (Å²) in [5.41, 5.74) is 29.5. The van der Waals surface area contributed by atoms with Crippen LogP contribution in [-0.2, 0) is 0 Å². The number of fused-ring (bicyclic) bond motifs is 10. The van der Waals surface area contributed by atoms with Gasteiger partial charge in [-0.15, -0.1) is 0 Å². The molecule has 0 spiro atoms. The molecule has 68 heavy (non-hydrogen) atoms. The number of halogens is 2. The van der Waals surface area contributed by atoms with Crippen molar-refractivity contribution in [2.75, 3.05) is 0 Å². The Morgan fingerprint density at radius 3 is 0.985 bits per heavy atom. The molecule has 0 bridgehead atoms. The molecule has 0 radical (unpaired) electrons. The third-order valence-electron chi connectivity index (χ3n) is 16.0. The van der Waals surface area contributed by atoms with Gasteiger partial charge in [0, 0.05) is 7.14 Å². The lowest BCUT2D eigenvalue weighted by atomic mass is 9.34. The maximum Gasteiger partial charge on any atom is 0.244 e. The van der Waals surface area contributed by atoms with E-state index in [1.54, 1.807) is 0 Å². The van der Waals surface area contributed by atoms with Gasteiger partial charge < -0.3 is 0 Å². The number of hydrogen-bond donors (Lipinski definition) is 0. The minimum absolute atomic E-state index is 0.116. The molecule has 0 saturated carbocycles. The molecule has 4 heteroatoms. The van der Waals surface area contributed by atoms with Crippen LogP contribution in [0, 0.1) is 7.14 Å². The largest absolute Gasteiger partial charge is 0.244 e. The molecule has 0 aliphatic carbocycles. The summed E-state index contributed by atoms with van der Waals surface area (Å²) in [4.78, 5) is 0. The van der Waals surface area contributed by atoms with Gasteiger partial charge in [0.25, 0.3) is 0 Å². The quantitative estimate of drug-likeness (QED) is 0.0936. The van der Waals surface area contributed by atoms with Crippen molar-refractivity contribution in [1.29, 1.82) is 0 Å². The summed E-state index contributed by atoms with van der Waals surface area (Å²) in [7, 11) is 0. The Morgan fingerprint density at radius 2 is 0.574 bits per heavy atom. The van der Waals surface area contributed by atoms with Crippen LogP contribution in [0.3, 0.4) is 0 Å². The molecule has 0 aromatic heterocycles. The van der Waals surface area contributed by atoms with Gasteiger partial charge in [-0.1, -0.05) is 203 Å². The van der Waals surface area contributed by atoms with E-state index in [4.69, 9.17) is 0 Å². The van der Waals surface area contributed by atoms with E-state index in [9.17, 15) is 0 Å². The summed E-state index contributed by atoms with van der Waals surface area (Å²) in [5, 5.41) is 8.26. The van der Waals surface area contributed by atoms with E-state index < -0.39 is 0 Å². The molecule has 12 aromatic rings. The summed E-state index contributed by atoms with van der Waals surface area (Å²) in [6.07, 6.45) is 0. The fourth-order valence-electron chi connectivity index (χ4n) is 13.5. The Morgan fingerprint density at radius 1 is 0.235 bits per heavy atom. The van der Waals surface area contributed by atoms with Crippen LogP contribution in [0.2, 0.25) is 0 Å². The molecule has 0 unspecified atom stereocenters. The first-order valence-corrected chi connectivity index (χ1v) is 25.8. The highest BCUT2D eigenvalue weighted by Gasteiger charge is 2.45. The summed E-state index contributed by atoms with van der Waals surface area (Å²) in [5.74, 6) is 0. The smallest absolute Gasteiger partial charge is 0.0664 e. The van der Waals surface area contributed by atoms with Crippen LogP contribution in [0.1, 0.15) is 0 Å². The van der Waals surface area contributed by atoms with E-state index in [0.29, 0.717) is 0 Å². The van der Waals surface area contributed by atoms with Crippen LogP contribution in [0.15, 0.2) is 206 Å². The first kappa shape index (κ1) is 38.3. The highest BCUT2D eigenvalue weighted by molar-refractivity contribution is 14.1. The van der Waals surface area contributed by atoms with Gasteiger partial charge in [-0.25, -0.2) is 0 Å². The zero-order chi connectivity index (χ0) is 44.5. The van der Waals surface area contributed by atoms with Crippen LogP contribution in [0.4, 0.5) is 0 Å². The van der Waals surface area contributed by atoms with Crippen LogP contribution < -0.4 is 32.8 Å². The predicted octanol–water partition coefficient (Wildman–Crippen LogP) is 13.4.